The van der Waals surface area contributed by atoms with E-state index in [-0.39, 0.29) is 18.0 Å². The highest BCUT2D eigenvalue weighted by Crippen LogP contribution is 2.39. The lowest BCUT2D eigenvalue weighted by Gasteiger charge is -2.35. The van der Waals surface area contributed by atoms with Crippen LogP contribution in [0, 0.1) is 5.82 Å². The number of methoxy groups -OCH3 is 1. The molecule has 0 bridgehead atoms. The molecule has 36 heavy (non-hydrogen) atoms. The van der Waals surface area contributed by atoms with Crippen LogP contribution in [-0.2, 0) is 20.9 Å². The fourth-order valence-electron chi connectivity index (χ4n) is 5.07. The van der Waals surface area contributed by atoms with E-state index in [4.69, 9.17) is 18.9 Å². The van der Waals surface area contributed by atoms with Crippen molar-refractivity contribution in [1.82, 2.24) is 0 Å². The number of ether oxygens (including phenoxy) is 4. The van der Waals surface area contributed by atoms with Crippen molar-refractivity contribution >= 4 is 11.7 Å². The van der Waals surface area contributed by atoms with Crippen LogP contribution in [0.4, 0.5) is 10.1 Å². The zero-order chi connectivity index (χ0) is 25.1. The second kappa shape index (κ2) is 10.6. The van der Waals surface area contributed by atoms with Crippen molar-refractivity contribution in [2.75, 3.05) is 25.6 Å². The van der Waals surface area contributed by atoms with Crippen LogP contribution in [-0.4, -0.2) is 49.1 Å². The number of hydrogen-bond donors (Lipinski definition) is 2. The fraction of sp³-hybridized carbons (Fsp3) is 0.536. The van der Waals surface area contributed by atoms with Gasteiger partial charge in [0.05, 0.1) is 25.9 Å². The Morgan fingerprint density at radius 3 is 2.50 bits per heavy atom. The van der Waals surface area contributed by atoms with Crippen molar-refractivity contribution in [3.63, 3.8) is 0 Å². The van der Waals surface area contributed by atoms with Gasteiger partial charge in [-0.3, -0.25) is 0 Å². The number of rotatable bonds is 10. The number of carboxylic acid groups (broad SMARTS) is 1. The SMILES string of the molecule is COc1cc(OC2CC2)cc(-c2ccc(NC3(C(=O)O)CCOCC3)cc2COC2CCCC2)c1F. The van der Waals surface area contributed by atoms with Gasteiger partial charge in [-0.1, -0.05) is 18.9 Å². The van der Waals surface area contributed by atoms with E-state index in [1.165, 1.54) is 7.11 Å². The summed E-state index contributed by atoms with van der Waals surface area (Å²) in [6, 6.07) is 8.81. The predicted octanol–water partition coefficient (Wildman–Crippen LogP) is 5.55. The molecule has 0 unspecified atom stereocenters. The fourth-order valence-corrected chi connectivity index (χ4v) is 5.07. The maximum Gasteiger partial charge on any atom is 0.329 e. The zero-order valence-electron chi connectivity index (χ0n) is 20.7. The van der Waals surface area contributed by atoms with Crippen LogP contribution in [0.5, 0.6) is 11.5 Å². The largest absolute Gasteiger partial charge is 0.494 e. The van der Waals surface area contributed by atoms with E-state index in [1.807, 2.05) is 12.1 Å². The Morgan fingerprint density at radius 2 is 1.83 bits per heavy atom. The Hall–Kier alpha value is -2.84. The Kier molecular flexibility index (Phi) is 7.34. The third-order valence-corrected chi connectivity index (χ3v) is 7.37. The molecule has 1 saturated heterocycles. The first-order valence-corrected chi connectivity index (χ1v) is 12.9. The summed E-state index contributed by atoms with van der Waals surface area (Å²) in [7, 11) is 1.44. The van der Waals surface area contributed by atoms with Crippen LogP contribution in [0.15, 0.2) is 30.3 Å². The topological polar surface area (TPSA) is 86.3 Å². The molecule has 0 radical (unpaired) electrons. The summed E-state index contributed by atoms with van der Waals surface area (Å²) in [5, 5.41) is 13.2. The number of halogens is 1. The van der Waals surface area contributed by atoms with Crippen LogP contribution in [0.2, 0.25) is 0 Å². The molecule has 2 N–H and O–H groups in total. The maximum absolute atomic E-state index is 15.5. The van der Waals surface area contributed by atoms with E-state index in [0.717, 1.165) is 44.1 Å². The first-order chi connectivity index (χ1) is 17.5. The second-order valence-corrected chi connectivity index (χ2v) is 10.0. The quantitative estimate of drug-likeness (QED) is 0.443. The summed E-state index contributed by atoms with van der Waals surface area (Å²) in [4.78, 5) is 12.2. The number of nitrogens with one attached hydrogen (secondary N) is 1. The highest BCUT2D eigenvalue weighted by atomic mass is 19.1. The molecule has 194 valence electrons. The van der Waals surface area contributed by atoms with Crippen molar-refractivity contribution < 1.29 is 33.2 Å². The molecule has 2 aliphatic carbocycles. The highest BCUT2D eigenvalue weighted by molar-refractivity contribution is 5.83. The second-order valence-electron chi connectivity index (χ2n) is 10.0. The molecule has 1 heterocycles. The first kappa shape index (κ1) is 24.8. The van der Waals surface area contributed by atoms with E-state index in [9.17, 15) is 9.90 Å². The van der Waals surface area contributed by atoms with Gasteiger partial charge in [-0.05, 0) is 55.0 Å². The third kappa shape index (κ3) is 5.44. The first-order valence-electron chi connectivity index (χ1n) is 12.9. The van der Waals surface area contributed by atoms with Crippen LogP contribution in [0.3, 0.4) is 0 Å². The third-order valence-electron chi connectivity index (χ3n) is 7.37. The van der Waals surface area contributed by atoms with Gasteiger partial charge in [0.1, 0.15) is 11.3 Å². The molecule has 8 heteroatoms. The molecule has 0 amide bonds. The summed E-state index contributed by atoms with van der Waals surface area (Å²) in [6.07, 6.45) is 7.39. The minimum absolute atomic E-state index is 0.125. The average molecular weight is 500 g/mol. The molecule has 5 rings (SSSR count). The molecule has 2 aromatic carbocycles. The van der Waals surface area contributed by atoms with Gasteiger partial charge in [-0.2, -0.15) is 0 Å². The Balaban J connectivity index is 1.50. The van der Waals surface area contributed by atoms with Gasteiger partial charge in [-0.15, -0.1) is 0 Å². The number of aliphatic carboxylic acids is 1. The van der Waals surface area contributed by atoms with Crippen molar-refractivity contribution in [2.45, 2.75) is 75.7 Å². The molecule has 1 aliphatic heterocycles. The Morgan fingerprint density at radius 1 is 1.08 bits per heavy atom. The molecule has 3 aliphatic rings. The van der Waals surface area contributed by atoms with Crippen molar-refractivity contribution in [3.05, 3.63) is 41.7 Å². The minimum Gasteiger partial charge on any atom is -0.494 e. The van der Waals surface area contributed by atoms with Gasteiger partial charge in [0.15, 0.2) is 11.6 Å². The van der Waals surface area contributed by atoms with Gasteiger partial charge in [-0.25, -0.2) is 9.18 Å². The smallest absolute Gasteiger partial charge is 0.329 e. The van der Waals surface area contributed by atoms with E-state index < -0.39 is 17.3 Å². The molecule has 2 saturated carbocycles. The molecule has 0 aromatic heterocycles. The van der Waals surface area contributed by atoms with Gasteiger partial charge in [0.25, 0.3) is 0 Å². The number of hydrogen-bond acceptors (Lipinski definition) is 6. The number of anilines is 1. The van der Waals surface area contributed by atoms with Crippen LogP contribution >= 0.6 is 0 Å². The lowest BCUT2D eigenvalue weighted by atomic mass is 9.89. The summed E-state index contributed by atoms with van der Waals surface area (Å²) in [5.74, 6) is -0.669. The summed E-state index contributed by atoms with van der Waals surface area (Å²) in [6.45, 7) is 1.07. The molecule has 2 aromatic rings. The molecular formula is C28H34FNO6. The van der Waals surface area contributed by atoms with E-state index in [2.05, 4.69) is 5.32 Å². The van der Waals surface area contributed by atoms with Crippen molar-refractivity contribution in [3.8, 4) is 22.6 Å². The summed E-state index contributed by atoms with van der Waals surface area (Å²) < 4.78 is 38.4. The van der Waals surface area contributed by atoms with Crippen LogP contribution in [0.25, 0.3) is 11.1 Å². The molecule has 0 spiro atoms. The van der Waals surface area contributed by atoms with Gasteiger partial charge < -0.3 is 29.4 Å². The van der Waals surface area contributed by atoms with Gasteiger partial charge >= 0.3 is 5.97 Å². The van der Waals surface area contributed by atoms with E-state index in [0.29, 0.717) is 55.2 Å². The molecule has 0 atom stereocenters. The minimum atomic E-state index is -1.10. The van der Waals surface area contributed by atoms with Crippen molar-refractivity contribution in [2.24, 2.45) is 0 Å². The normalized spacial score (nSPS) is 19.7. The predicted molar refractivity (Wildman–Crippen MR) is 133 cm³/mol. The zero-order valence-corrected chi connectivity index (χ0v) is 20.7. The maximum atomic E-state index is 15.5. The summed E-state index contributed by atoms with van der Waals surface area (Å²) in [5.41, 5.74) is 1.39. The number of benzene rings is 2. The van der Waals surface area contributed by atoms with E-state index >= 15 is 4.39 Å². The lowest BCUT2D eigenvalue weighted by Crippen LogP contribution is -2.50. The Labute approximate surface area is 210 Å². The molecule has 7 nitrogen and oxygen atoms in total. The summed E-state index contributed by atoms with van der Waals surface area (Å²) >= 11 is 0. The van der Waals surface area contributed by atoms with E-state index in [1.54, 1.807) is 18.2 Å². The number of carbonyl (C=O) groups is 1. The van der Waals surface area contributed by atoms with Crippen LogP contribution in [0.1, 0.15) is 56.9 Å². The van der Waals surface area contributed by atoms with Gasteiger partial charge in [0.2, 0.25) is 0 Å². The molecule has 3 fully saturated rings. The Bertz CT molecular complexity index is 1090. The van der Waals surface area contributed by atoms with Crippen LogP contribution < -0.4 is 14.8 Å². The molecular weight excluding hydrogens is 465 g/mol. The van der Waals surface area contributed by atoms with Gasteiger partial charge in [0, 0.05) is 43.4 Å². The number of carboxylic acids is 1. The monoisotopic (exact) mass is 499 g/mol. The standard InChI is InChI=1S/C28H34FNO6/c1-33-25-16-22(36-21-7-8-21)15-24(26(25)29)23-9-6-19(14-18(23)17-35-20-4-2-3-5-20)30-28(27(31)32)10-12-34-13-11-28/h6,9,14-16,20-21,30H,2-5,7-8,10-13,17H2,1H3,(H,31,32). The van der Waals surface area contributed by atoms with Crippen molar-refractivity contribution in [1.29, 1.82) is 0 Å². The average Bonchev–Trinajstić information content (AvgIpc) is 3.54. The highest BCUT2D eigenvalue weighted by Gasteiger charge is 2.40. The lowest BCUT2D eigenvalue weighted by molar-refractivity contribution is -0.145.